The summed E-state index contributed by atoms with van der Waals surface area (Å²) in [6.07, 6.45) is 2.42. The number of fused-ring (bicyclic) bond motifs is 1. The number of aliphatic hydroxyl groups is 1. The number of benzene rings is 1. The molecule has 1 heterocycles. The molecule has 1 atom stereocenters. The quantitative estimate of drug-likeness (QED) is 0.931. The summed E-state index contributed by atoms with van der Waals surface area (Å²) in [6.45, 7) is 0. The van der Waals surface area contributed by atoms with Crippen LogP contribution in [0.2, 0.25) is 0 Å². The highest BCUT2D eigenvalue weighted by Crippen LogP contribution is 2.37. The van der Waals surface area contributed by atoms with E-state index in [9.17, 15) is 9.50 Å². The van der Waals surface area contributed by atoms with Gasteiger partial charge in [0.15, 0.2) is 11.6 Å². The summed E-state index contributed by atoms with van der Waals surface area (Å²) >= 11 is 1.59. The molecule has 0 saturated heterocycles. The Kier molecular flexibility index (Phi) is 3.29. The maximum absolute atomic E-state index is 14.1. The van der Waals surface area contributed by atoms with Crippen molar-refractivity contribution in [2.24, 2.45) is 0 Å². The monoisotopic (exact) mass is 278 g/mol. The highest BCUT2D eigenvalue weighted by atomic mass is 32.1. The van der Waals surface area contributed by atoms with E-state index < -0.39 is 11.9 Å². The largest absolute Gasteiger partial charge is 0.494 e. The van der Waals surface area contributed by atoms with Crippen molar-refractivity contribution in [2.45, 2.75) is 25.4 Å². The third kappa shape index (κ3) is 2.15. The average Bonchev–Trinajstić information content (AvgIpc) is 2.99. The molecule has 1 N–H and O–H groups in total. The molecule has 1 aromatic carbocycles. The van der Waals surface area contributed by atoms with Crippen molar-refractivity contribution in [1.29, 1.82) is 0 Å². The first-order chi connectivity index (χ1) is 9.20. The molecule has 2 nitrogen and oxygen atoms in total. The molecule has 2 aromatic rings. The second-order valence-corrected chi connectivity index (χ2v) is 5.89. The lowest BCUT2D eigenvalue weighted by Crippen LogP contribution is -2.02. The summed E-state index contributed by atoms with van der Waals surface area (Å²) in [4.78, 5) is 2.15. The van der Waals surface area contributed by atoms with Crippen LogP contribution in [0.5, 0.6) is 5.75 Å². The van der Waals surface area contributed by atoms with Crippen molar-refractivity contribution in [3.05, 3.63) is 51.0 Å². The van der Waals surface area contributed by atoms with Crippen LogP contribution < -0.4 is 4.74 Å². The molecule has 1 aliphatic rings. The molecule has 0 spiro atoms. The van der Waals surface area contributed by atoms with Gasteiger partial charge in [0.25, 0.3) is 0 Å². The van der Waals surface area contributed by atoms with Gasteiger partial charge < -0.3 is 9.84 Å². The van der Waals surface area contributed by atoms with Crippen LogP contribution in [0, 0.1) is 5.82 Å². The summed E-state index contributed by atoms with van der Waals surface area (Å²) in [5, 5.41) is 10.4. The SMILES string of the molecule is COc1cccc(C(O)c2cc3c(s2)CCC3)c1F. The number of aliphatic hydroxyl groups excluding tert-OH is 1. The van der Waals surface area contributed by atoms with Gasteiger partial charge in [-0.2, -0.15) is 0 Å². The van der Waals surface area contributed by atoms with E-state index in [2.05, 4.69) is 0 Å². The Labute approximate surface area is 115 Å². The van der Waals surface area contributed by atoms with Gasteiger partial charge in [-0.15, -0.1) is 11.3 Å². The van der Waals surface area contributed by atoms with Crippen molar-refractivity contribution < 1.29 is 14.2 Å². The number of aryl methyl sites for hydroxylation is 2. The van der Waals surface area contributed by atoms with Gasteiger partial charge in [0, 0.05) is 15.3 Å². The number of ether oxygens (including phenoxy) is 1. The summed E-state index contributed by atoms with van der Waals surface area (Å²) < 4.78 is 19.1. The molecule has 3 rings (SSSR count). The zero-order chi connectivity index (χ0) is 13.4. The van der Waals surface area contributed by atoms with Crippen molar-refractivity contribution >= 4 is 11.3 Å². The van der Waals surface area contributed by atoms with Crippen LogP contribution in [0.1, 0.15) is 33.4 Å². The standard InChI is InChI=1S/C15H15FO2S/c1-18-11-6-3-5-10(14(11)16)15(17)13-8-9-4-2-7-12(9)19-13/h3,5-6,8,15,17H,2,4,7H2,1H3. The van der Waals surface area contributed by atoms with E-state index in [4.69, 9.17) is 4.74 Å². The van der Waals surface area contributed by atoms with Crippen molar-refractivity contribution in [3.8, 4) is 5.75 Å². The highest BCUT2D eigenvalue weighted by Gasteiger charge is 2.23. The topological polar surface area (TPSA) is 29.5 Å². The Hall–Kier alpha value is -1.39. The summed E-state index contributed by atoms with van der Waals surface area (Å²) in [6, 6.07) is 6.87. The second kappa shape index (κ2) is 4.94. The number of hydrogen-bond acceptors (Lipinski definition) is 3. The Bertz CT molecular complexity index is 585. The fourth-order valence-electron chi connectivity index (χ4n) is 2.54. The molecule has 4 heteroatoms. The predicted molar refractivity (Wildman–Crippen MR) is 73.4 cm³/mol. The molecule has 1 unspecified atom stereocenters. The molecule has 100 valence electrons. The number of hydrogen-bond donors (Lipinski definition) is 1. The average molecular weight is 278 g/mol. The first-order valence-corrected chi connectivity index (χ1v) is 7.14. The van der Waals surface area contributed by atoms with Gasteiger partial charge in [-0.05, 0) is 37.0 Å². The zero-order valence-electron chi connectivity index (χ0n) is 10.6. The smallest absolute Gasteiger partial charge is 0.171 e. The van der Waals surface area contributed by atoms with E-state index in [-0.39, 0.29) is 11.3 Å². The maximum Gasteiger partial charge on any atom is 0.171 e. The summed E-state index contributed by atoms with van der Waals surface area (Å²) in [5.41, 5.74) is 1.58. The molecule has 0 bridgehead atoms. The minimum atomic E-state index is -0.911. The first-order valence-electron chi connectivity index (χ1n) is 6.32. The van der Waals surface area contributed by atoms with Gasteiger partial charge in [0.05, 0.1) is 7.11 Å². The van der Waals surface area contributed by atoms with Crippen molar-refractivity contribution in [1.82, 2.24) is 0 Å². The van der Waals surface area contributed by atoms with E-state index in [1.807, 2.05) is 6.07 Å². The number of methoxy groups -OCH3 is 1. The molecular formula is C15H15FO2S. The highest BCUT2D eigenvalue weighted by molar-refractivity contribution is 7.12. The van der Waals surface area contributed by atoms with Gasteiger partial charge in [-0.3, -0.25) is 0 Å². The first kappa shape index (κ1) is 12.6. The third-order valence-electron chi connectivity index (χ3n) is 3.54. The molecule has 1 aromatic heterocycles. The van der Waals surface area contributed by atoms with E-state index in [0.717, 1.165) is 17.7 Å². The Morgan fingerprint density at radius 3 is 2.95 bits per heavy atom. The lowest BCUT2D eigenvalue weighted by molar-refractivity contribution is 0.217. The van der Waals surface area contributed by atoms with Crippen LogP contribution in [0.25, 0.3) is 0 Å². The minimum Gasteiger partial charge on any atom is -0.494 e. The zero-order valence-corrected chi connectivity index (χ0v) is 11.5. The van der Waals surface area contributed by atoms with Crippen LogP contribution in [0.15, 0.2) is 24.3 Å². The molecular weight excluding hydrogens is 263 g/mol. The minimum absolute atomic E-state index is 0.167. The van der Waals surface area contributed by atoms with Crippen molar-refractivity contribution in [2.75, 3.05) is 7.11 Å². The third-order valence-corrected chi connectivity index (χ3v) is 4.83. The maximum atomic E-state index is 14.1. The number of rotatable bonds is 3. The van der Waals surface area contributed by atoms with Crippen LogP contribution in [-0.4, -0.2) is 12.2 Å². The normalized spacial score (nSPS) is 15.3. The Morgan fingerprint density at radius 1 is 1.37 bits per heavy atom. The molecule has 0 saturated carbocycles. The Balaban J connectivity index is 1.97. The second-order valence-electron chi connectivity index (χ2n) is 4.72. The summed E-state index contributed by atoms with van der Waals surface area (Å²) in [7, 11) is 1.42. The van der Waals surface area contributed by atoms with E-state index >= 15 is 0 Å². The van der Waals surface area contributed by atoms with Gasteiger partial charge in [0.1, 0.15) is 6.10 Å². The van der Waals surface area contributed by atoms with Crippen LogP contribution in [0.4, 0.5) is 4.39 Å². The van der Waals surface area contributed by atoms with Gasteiger partial charge in [-0.25, -0.2) is 4.39 Å². The molecule has 0 fully saturated rings. The molecule has 1 aliphatic carbocycles. The molecule has 0 radical (unpaired) electrons. The molecule has 0 aliphatic heterocycles. The van der Waals surface area contributed by atoms with E-state index in [1.54, 1.807) is 29.5 Å². The Morgan fingerprint density at radius 2 is 2.21 bits per heavy atom. The summed E-state index contributed by atoms with van der Waals surface area (Å²) in [5.74, 6) is -0.313. The van der Waals surface area contributed by atoms with Gasteiger partial charge >= 0.3 is 0 Å². The molecule has 0 amide bonds. The fraction of sp³-hybridized carbons (Fsp3) is 0.333. The number of halogens is 1. The number of thiophene rings is 1. The fourth-order valence-corrected chi connectivity index (χ4v) is 3.80. The lowest BCUT2D eigenvalue weighted by Gasteiger charge is -2.12. The molecule has 19 heavy (non-hydrogen) atoms. The van der Waals surface area contributed by atoms with Gasteiger partial charge in [-0.1, -0.05) is 12.1 Å². The predicted octanol–water partition coefficient (Wildman–Crippen LogP) is 3.47. The van der Waals surface area contributed by atoms with Crippen molar-refractivity contribution in [3.63, 3.8) is 0 Å². The van der Waals surface area contributed by atoms with Crippen LogP contribution in [0.3, 0.4) is 0 Å². The van der Waals surface area contributed by atoms with Crippen LogP contribution >= 0.6 is 11.3 Å². The lowest BCUT2D eigenvalue weighted by atomic mass is 10.1. The van der Waals surface area contributed by atoms with Crippen LogP contribution in [-0.2, 0) is 12.8 Å². The van der Waals surface area contributed by atoms with E-state index in [0.29, 0.717) is 0 Å². The van der Waals surface area contributed by atoms with Gasteiger partial charge in [0.2, 0.25) is 0 Å². The van der Waals surface area contributed by atoms with E-state index in [1.165, 1.54) is 24.0 Å².